The van der Waals surface area contributed by atoms with Gasteiger partial charge in [0.15, 0.2) is 0 Å². The van der Waals surface area contributed by atoms with Crippen molar-refractivity contribution < 1.29 is 0 Å². The van der Waals surface area contributed by atoms with Gasteiger partial charge in [0, 0.05) is 0 Å². The third-order valence-electron chi connectivity index (χ3n) is 1.98. The molecule has 0 aliphatic rings. The highest BCUT2D eigenvalue weighted by Crippen LogP contribution is 2.17. The number of benzene rings is 2. The van der Waals surface area contributed by atoms with Crippen molar-refractivity contribution >= 4 is 10.8 Å². The fourth-order valence-corrected chi connectivity index (χ4v) is 1.38. The Labute approximate surface area is 72.2 Å². The maximum absolute atomic E-state index is 3.66. The van der Waals surface area contributed by atoms with Crippen molar-refractivity contribution in [2.75, 3.05) is 0 Å². The molecule has 0 spiro atoms. The molecular weight excluding hydrogens is 144 g/mol. The molecule has 57 valence electrons. The summed E-state index contributed by atoms with van der Waals surface area (Å²) >= 11 is 0. The van der Waals surface area contributed by atoms with E-state index >= 15 is 0 Å². The van der Waals surface area contributed by atoms with Crippen molar-refractivity contribution in [3.63, 3.8) is 0 Å². The lowest BCUT2D eigenvalue weighted by Crippen LogP contribution is -1.77. The highest BCUT2D eigenvalue weighted by Gasteiger charge is 1.94. The molecular formula is C12H9. The van der Waals surface area contributed by atoms with Gasteiger partial charge in [0.25, 0.3) is 0 Å². The topological polar surface area (TPSA) is 0 Å². The molecule has 0 atom stereocenters. The average Bonchev–Trinajstić information content (AvgIpc) is 2.17. The first-order valence-corrected chi connectivity index (χ1v) is 3.92. The van der Waals surface area contributed by atoms with E-state index in [0.29, 0.717) is 0 Å². The summed E-state index contributed by atoms with van der Waals surface area (Å²) in [5, 5.41) is 2.46. The smallest absolute Gasteiger partial charge is 0.0105 e. The minimum absolute atomic E-state index is 1.08. The molecule has 0 amide bonds. The molecule has 0 nitrogen and oxygen atoms in total. The molecule has 0 heteroatoms. The van der Waals surface area contributed by atoms with Crippen LogP contribution in [0.4, 0.5) is 0 Å². The minimum Gasteiger partial charge on any atom is -0.0905 e. The molecule has 0 fully saturated rings. The number of hydrogen-bond acceptors (Lipinski definition) is 0. The highest BCUT2D eigenvalue weighted by atomic mass is 14.0. The molecule has 0 aliphatic carbocycles. The van der Waals surface area contributed by atoms with E-state index in [2.05, 4.69) is 30.9 Å². The van der Waals surface area contributed by atoms with Crippen LogP contribution in [0.2, 0.25) is 0 Å². The molecule has 0 heterocycles. The number of hydrogen-bond donors (Lipinski definition) is 0. The summed E-state index contributed by atoms with van der Waals surface area (Å²) in [6, 6.07) is 14.4. The molecule has 2 aromatic rings. The molecule has 0 aromatic heterocycles. The maximum Gasteiger partial charge on any atom is -0.0105 e. The molecule has 0 N–H and O–H groups in total. The lowest BCUT2D eigenvalue weighted by molar-refractivity contribution is 1.65. The Balaban J connectivity index is 2.88. The van der Waals surface area contributed by atoms with Gasteiger partial charge in [0.2, 0.25) is 0 Å². The number of fused-ring (bicyclic) bond motifs is 1. The predicted molar refractivity (Wildman–Crippen MR) is 51.9 cm³/mol. The van der Waals surface area contributed by atoms with Crippen LogP contribution in [0.25, 0.3) is 10.8 Å². The standard InChI is InChI=1S/C12H9/c1-2-10-7-5-8-11-6-3-4-9-12(10)11/h3-9H,1H2. The summed E-state index contributed by atoms with van der Waals surface area (Å²) < 4.78 is 0. The van der Waals surface area contributed by atoms with Crippen LogP contribution >= 0.6 is 0 Å². The van der Waals surface area contributed by atoms with Crippen molar-refractivity contribution in [3.05, 3.63) is 60.7 Å². The second-order valence-corrected chi connectivity index (χ2v) is 2.70. The van der Waals surface area contributed by atoms with Crippen LogP contribution in [-0.2, 0) is 0 Å². The Bertz CT molecular complexity index is 408. The Morgan fingerprint density at radius 3 is 2.50 bits per heavy atom. The van der Waals surface area contributed by atoms with Crippen molar-refractivity contribution in [2.45, 2.75) is 0 Å². The van der Waals surface area contributed by atoms with E-state index in [0.717, 1.165) is 5.56 Å². The Kier molecular flexibility index (Phi) is 1.67. The second-order valence-electron chi connectivity index (χ2n) is 2.70. The zero-order valence-electron chi connectivity index (χ0n) is 6.75. The van der Waals surface area contributed by atoms with Gasteiger partial charge in [0.1, 0.15) is 0 Å². The Morgan fingerprint density at radius 1 is 0.917 bits per heavy atom. The zero-order chi connectivity index (χ0) is 8.39. The Morgan fingerprint density at radius 2 is 1.67 bits per heavy atom. The SMILES string of the molecule is C=[C]c1cccc2ccccc12. The zero-order valence-corrected chi connectivity index (χ0v) is 6.75. The van der Waals surface area contributed by atoms with Crippen LogP contribution in [0.1, 0.15) is 5.56 Å². The van der Waals surface area contributed by atoms with E-state index in [1.165, 1.54) is 10.8 Å². The molecule has 1 radical (unpaired) electrons. The highest BCUT2D eigenvalue weighted by molar-refractivity contribution is 5.86. The minimum atomic E-state index is 1.08. The van der Waals surface area contributed by atoms with Crippen molar-refractivity contribution in [1.82, 2.24) is 0 Å². The van der Waals surface area contributed by atoms with Gasteiger partial charge in [-0.05, 0) is 22.4 Å². The monoisotopic (exact) mass is 153 g/mol. The van der Waals surface area contributed by atoms with Crippen LogP contribution in [0.3, 0.4) is 0 Å². The lowest BCUT2D eigenvalue weighted by atomic mass is 10.1. The van der Waals surface area contributed by atoms with Crippen LogP contribution in [0.5, 0.6) is 0 Å². The average molecular weight is 153 g/mol. The van der Waals surface area contributed by atoms with Crippen LogP contribution in [-0.4, -0.2) is 0 Å². The van der Waals surface area contributed by atoms with Crippen molar-refractivity contribution in [3.8, 4) is 0 Å². The summed E-state index contributed by atoms with van der Waals surface area (Å²) in [5.74, 6) is 0. The maximum atomic E-state index is 3.66. The predicted octanol–water partition coefficient (Wildman–Crippen LogP) is 3.18. The molecule has 12 heavy (non-hydrogen) atoms. The van der Waals surface area contributed by atoms with Gasteiger partial charge < -0.3 is 0 Å². The van der Waals surface area contributed by atoms with Gasteiger partial charge in [-0.1, -0.05) is 49.0 Å². The van der Waals surface area contributed by atoms with Crippen molar-refractivity contribution in [1.29, 1.82) is 0 Å². The molecule has 0 bridgehead atoms. The van der Waals surface area contributed by atoms with Gasteiger partial charge >= 0.3 is 0 Å². The van der Waals surface area contributed by atoms with E-state index < -0.39 is 0 Å². The summed E-state index contributed by atoms with van der Waals surface area (Å²) in [6.07, 6.45) is 2.92. The van der Waals surface area contributed by atoms with Crippen molar-refractivity contribution in [2.24, 2.45) is 0 Å². The molecule has 0 saturated carbocycles. The fourth-order valence-electron chi connectivity index (χ4n) is 1.38. The second kappa shape index (κ2) is 2.82. The summed E-state index contributed by atoms with van der Waals surface area (Å²) in [4.78, 5) is 0. The Hall–Kier alpha value is -1.56. The molecule has 0 unspecified atom stereocenters. The van der Waals surface area contributed by atoms with E-state index in [4.69, 9.17) is 0 Å². The van der Waals surface area contributed by atoms with Gasteiger partial charge in [-0.15, -0.1) is 0 Å². The first-order valence-electron chi connectivity index (χ1n) is 3.92. The normalized spacial score (nSPS) is 10.0. The molecule has 0 aliphatic heterocycles. The van der Waals surface area contributed by atoms with Gasteiger partial charge in [0.05, 0.1) is 0 Å². The summed E-state index contributed by atoms with van der Waals surface area (Å²) in [5.41, 5.74) is 1.08. The van der Waals surface area contributed by atoms with Crippen LogP contribution in [0.15, 0.2) is 49.0 Å². The van der Waals surface area contributed by atoms with E-state index in [-0.39, 0.29) is 0 Å². The first kappa shape index (κ1) is 7.11. The van der Waals surface area contributed by atoms with Gasteiger partial charge in [-0.3, -0.25) is 0 Å². The fraction of sp³-hybridized carbons (Fsp3) is 0. The largest absolute Gasteiger partial charge is 0.0905 e. The summed E-state index contributed by atoms with van der Waals surface area (Å²) in [6.45, 7) is 3.66. The lowest BCUT2D eigenvalue weighted by Gasteiger charge is -1.99. The molecule has 0 saturated heterocycles. The third-order valence-corrected chi connectivity index (χ3v) is 1.98. The third kappa shape index (κ3) is 1.02. The molecule has 2 aromatic carbocycles. The van der Waals surface area contributed by atoms with Crippen LogP contribution < -0.4 is 0 Å². The van der Waals surface area contributed by atoms with E-state index in [1.807, 2.05) is 24.3 Å². The van der Waals surface area contributed by atoms with Gasteiger partial charge in [-0.25, -0.2) is 0 Å². The summed E-state index contributed by atoms with van der Waals surface area (Å²) in [7, 11) is 0. The molecule has 2 rings (SSSR count). The van der Waals surface area contributed by atoms with E-state index in [9.17, 15) is 0 Å². The quantitative estimate of drug-likeness (QED) is 0.590. The van der Waals surface area contributed by atoms with Crippen LogP contribution in [0, 0.1) is 6.08 Å². The first-order chi connectivity index (χ1) is 5.92. The van der Waals surface area contributed by atoms with E-state index in [1.54, 1.807) is 0 Å². The number of rotatable bonds is 1. The van der Waals surface area contributed by atoms with Gasteiger partial charge in [-0.2, -0.15) is 0 Å².